The molecule has 0 fully saturated rings. The highest BCUT2D eigenvalue weighted by molar-refractivity contribution is 5.81. The van der Waals surface area contributed by atoms with Crippen molar-refractivity contribution in [1.29, 1.82) is 0 Å². The Morgan fingerprint density at radius 1 is 1.20 bits per heavy atom. The number of benzene rings is 2. The summed E-state index contributed by atoms with van der Waals surface area (Å²) in [5.41, 5.74) is 3.16. The second kappa shape index (κ2) is 7.47. The quantitative estimate of drug-likeness (QED) is 0.874. The summed E-state index contributed by atoms with van der Waals surface area (Å²) in [5.74, 6) is 2.08. The standard InChI is InChI=1S/C20H23NO4/c1-4-16(25-17-7-5-6-13(2)14(17)3)20(22)21-11-15-8-9-18-19(10-15)24-12-23-18/h5-10,16H,4,11-12H2,1-3H3,(H,21,22)/t16-/m1/s1. The fourth-order valence-corrected chi connectivity index (χ4v) is 2.68. The van der Waals surface area contributed by atoms with Gasteiger partial charge in [-0.05, 0) is 55.2 Å². The van der Waals surface area contributed by atoms with Crippen molar-refractivity contribution in [3.63, 3.8) is 0 Å². The second-order valence-electron chi connectivity index (χ2n) is 6.12. The Bertz CT molecular complexity index is 772. The first kappa shape index (κ1) is 17.1. The first-order valence-electron chi connectivity index (χ1n) is 8.47. The monoisotopic (exact) mass is 341 g/mol. The largest absolute Gasteiger partial charge is 0.480 e. The third-order valence-electron chi connectivity index (χ3n) is 4.39. The van der Waals surface area contributed by atoms with E-state index in [1.54, 1.807) is 0 Å². The van der Waals surface area contributed by atoms with E-state index in [0.717, 1.165) is 28.2 Å². The van der Waals surface area contributed by atoms with Crippen LogP contribution in [0.3, 0.4) is 0 Å². The average Bonchev–Trinajstić information content (AvgIpc) is 3.08. The summed E-state index contributed by atoms with van der Waals surface area (Å²) in [6, 6.07) is 11.5. The van der Waals surface area contributed by atoms with E-state index in [1.165, 1.54) is 0 Å². The van der Waals surface area contributed by atoms with Crippen LogP contribution in [0, 0.1) is 13.8 Å². The van der Waals surface area contributed by atoms with E-state index in [4.69, 9.17) is 14.2 Å². The highest BCUT2D eigenvalue weighted by Gasteiger charge is 2.20. The molecular weight excluding hydrogens is 318 g/mol. The van der Waals surface area contributed by atoms with Gasteiger partial charge in [-0.3, -0.25) is 4.79 Å². The summed E-state index contributed by atoms with van der Waals surface area (Å²) in [6.45, 7) is 6.63. The van der Waals surface area contributed by atoms with Crippen LogP contribution in [0.2, 0.25) is 0 Å². The molecule has 1 atom stereocenters. The van der Waals surface area contributed by atoms with Crippen LogP contribution in [0.25, 0.3) is 0 Å². The maximum atomic E-state index is 12.5. The number of aryl methyl sites for hydroxylation is 1. The van der Waals surface area contributed by atoms with Gasteiger partial charge in [-0.2, -0.15) is 0 Å². The Morgan fingerprint density at radius 2 is 2.00 bits per heavy atom. The lowest BCUT2D eigenvalue weighted by Crippen LogP contribution is -2.37. The normalized spacial score (nSPS) is 13.4. The molecule has 5 heteroatoms. The van der Waals surface area contributed by atoms with E-state index in [1.807, 2.05) is 57.2 Å². The van der Waals surface area contributed by atoms with E-state index in [9.17, 15) is 4.79 Å². The van der Waals surface area contributed by atoms with Crippen molar-refractivity contribution >= 4 is 5.91 Å². The van der Waals surface area contributed by atoms with Crippen molar-refractivity contribution in [2.45, 2.75) is 39.8 Å². The first-order chi connectivity index (χ1) is 12.1. The fraction of sp³-hybridized carbons (Fsp3) is 0.350. The number of hydrogen-bond acceptors (Lipinski definition) is 4. The molecule has 3 rings (SSSR count). The van der Waals surface area contributed by atoms with Crippen molar-refractivity contribution < 1.29 is 19.0 Å². The van der Waals surface area contributed by atoms with Crippen LogP contribution in [-0.4, -0.2) is 18.8 Å². The lowest BCUT2D eigenvalue weighted by molar-refractivity contribution is -0.128. The van der Waals surface area contributed by atoms with Gasteiger partial charge >= 0.3 is 0 Å². The van der Waals surface area contributed by atoms with Gasteiger partial charge in [-0.15, -0.1) is 0 Å². The molecule has 25 heavy (non-hydrogen) atoms. The van der Waals surface area contributed by atoms with Crippen molar-refractivity contribution in [2.24, 2.45) is 0 Å². The molecule has 0 aromatic heterocycles. The number of fused-ring (bicyclic) bond motifs is 1. The predicted molar refractivity (Wildman–Crippen MR) is 95.0 cm³/mol. The van der Waals surface area contributed by atoms with Crippen LogP contribution >= 0.6 is 0 Å². The summed E-state index contributed by atoms with van der Waals surface area (Å²) < 4.78 is 16.6. The molecule has 0 radical (unpaired) electrons. The molecule has 1 amide bonds. The van der Waals surface area contributed by atoms with Crippen LogP contribution in [0.1, 0.15) is 30.0 Å². The van der Waals surface area contributed by atoms with Crippen LogP contribution in [0.15, 0.2) is 36.4 Å². The fourth-order valence-electron chi connectivity index (χ4n) is 2.68. The highest BCUT2D eigenvalue weighted by atomic mass is 16.7. The number of carbonyl (C=O) groups is 1. The summed E-state index contributed by atoms with van der Waals surface area (Å²) in [5, 5.41) is 2.94. The van der Waals surface area contributed by atoms with Crippen molar-refractivity contribution in [3.05, 3.63) is 53.1 Å². The van der Waals surface area contributed by atoms with Crippen LogP contribution in [0.4, 0.5) is 0 Å². The molecule has 0 saturated carbocycles. The maximum Gasteiger partial charge on any atom is 0.261 e. The van der Waals surface area contributed by atoms with E-state index in [2.05, 4.69) is 5.32 Å². The summed E-state index contributed by atoms with van der Waals surface area (Å²) in [6.07, 6.45) is 0.0786. The predicted octanol–water partition coefficient (Wildman–Crippen LogP) is 3.51. The molecule has 132 valence electrons. The minimum atomic E-state index is -0.519. The first-order valence-corrected chi connectivity index (χ1v) is 8.47. The van der Waals surface area contributed by atoms with Gasteiger partial charge in [0, 0.05) is 6.54 Å². The van der Waals surface area contributed by atoms with Crippen LogP contribution in [0.5, 0.6) is 17.2 Å². The minimum absolute atomic E-state index is 0.124. The lowest BCUT2D eigenvalue weighted by atomic mass is 10.1. The number of ether oxygens (including phenoxy) is 3. The molecule has 5 nitrogen and oxygen atoms in total. The van der Waals surface area contributed by atoms with Gasteiger partial charge < -0.3 is 19.5 Å². The topological polar surface area (TPSA) is 56.8 Å². The van der Waals surface area contributed by atoms with Crippen LogP contribution in [-0.2, 0) is 11.3 Å². The van der Waals surface area contributed by atoms with Crippen molar-refractivity contribution in [3.8, 4) is 17.2 Å². The van der Waals surface area contributed by atoms with Gasteiger partial charge in [0.15, 0.2) is 17.6 Å². The Morgan fingerprint density at radius 3 is 2.80 bits per heavy atom. The van der Waals surface area contributed by atoms with E-state index >= 15 is 0 Å². The molecule has 1 N–H and O–H groups in total. The number of carbonyl (C=O) groups excluding carboxylic acids is 1. The zero-order chi connectivity index (χ0) is 17.8. The molecular formula is C20H23NO4. The zero-order valence-electron chi connectivity index (χ0n) is 14.8. The molecule has 1 aliphatic heterocycles. The van der Waals surface area contributed by atoms with Gasteiger partial charge in [0.25, 0.3) is 5.91 Å². The highest BCUT2D eigenvalue weighted by Crippen LogP contribution is 2.32. The Labute approximate surface area is 147 Å². The second-order valence-corrected chi connectivity index (χ2v) is 6.12. The number of amides is 1. The summed E-state index contributed by atoms with van der Waals surface area (Å²) in [7, 11) is 0. The van der Waals surface area contributed by atoms with Gasteiger partial charge in [-0.25, -0.2) is 0 Å². The lowest BCUT2D eigenvalue weighted by Gasteiger charge is -2.19. The molecule has 2 aromatic carbocycles. The molecule has 0 unspecified atom stereocenters. The minimum Gasteiger partial charge on any atom is -0.480 e. The summed E-state index contributed by atoms with van der Waals surface area (Å²) >= 11 is 0. The molecule has 1 aliphatic rings. The third kappa shape index (κ3) is 3.87. The number of hydrogen-bond donors (Lipinski definition) is 1. The van der Waals surface area contributed by atoms with E-state index < -0.39 is 6.10 Å². The third-order valence-corrected chi connectivity index (χ3v) is 4.39. The van der Waals surface area contributed by atoms with Gasteiger partial charge in [0.05, 0.1) is 0 Å². The molecule has 0 saturated heterocycles. The molecule has 0 aliphatic carbocycles. The SMILES string of the molecule is CC[C@@H](Oc1cccc(C)c1C)C(=O)NCc1ccc2c(c1)OCO2. The Kier molecular flexibility index (Phi) is 5.12. The Hall–Kier alpha value is -2.69. The average molecular weight is 341 g/mol. The zero-order valence-corrected chi connectivity index (χ0v) is 14.8. The smallest absolute Gasteiger partial charge is 0.261 e. The van der Waals surface area contributed by atoms with Gasteiger partial charge in [0.2, 0.25) is 6.79 Å². The molecule has 2 aromatic rings. The summed E-state index contributed by atoms with van der Waals surface area (Å²) in [4.78, 5) is 12.5. The van der Waals surface area contributed by atoms with Gasteiger partial charge in [-0.1, -0.05) is 25.1 Å². The molecule has 1 heterocycles. The number of rotatable bonds is 6. The van der Waals surface area contributed by atoms with E-state index in [0.29, 0.717) is 18.7 Å². The maximum absolute atomic E-state index is 12.5. The van der Waals surface area contributed by atoms with Crippen molar-refractivity contribution in [2.75, 3.05) is 6.79 Å². The van der Waals surface area contributed by atoms with Gasteiger partial charge in [0.1, 0.15) is 5.75 Å². The van der Waals surface area contributed by atoms with E-state index in [-0.39, 0.29) is 12.7 Å². The Balaban J connectivity index is 1.61. The number of nitrogens with one attached hydrogen (secondary N) is 1. The van der Waals surface area contributed by atoms with Crippen LogP contribution < -0.4 is 19.5 Å². The molecule has 0 spiro atoms. The molecule has 0 bridgehead atoms. The van der Waals surface area contributed by atoms with Crippen molar-refractivity contribution in [1.82, 2.24) is 5.32 Å².